The van der Waals surface area contributed by atoms with Crippen molar-refractivity contribution in [1.82, 2.24) is 19.5 Å². The Balaban J connectivity index is 1.76. The maximum Gasteiger partial charge on any atom is 0.327 e. The molecule has 2 saturated carbocycles. The molecule has 2 aromatic heterocycles. The zero-order chi connectivity index (χ0) is 16.4. The fraction of sp³-hybridized carbons (Fsp3) is 0.583. The van der Waals surface area contributed by atoms with Gasteiger partial charge >= 0.3 is 8.69 Å². The maximum absolute atomic E-state index is 10.5. The molecule has 0 amide bonds. The van der Waals surface area contributed by atoms with Crippen LogP contribution in [0.3, 0.4) is 0 Å². The number of hydrogen-bond donors (Lipinski definition) is 3. The fourth-order valence-electron chi connectivity index (χ4n) is 3.80. The third-order valence-corrected chi connectivity index (χ3v) is 5.38. The van der Waals surface area contributed by atoms with Crippen LogP contribution in [-0.4, -0.2) is 48.5 Å². The molecular weight excluding hydrogens is 345 g/mol. The minimum atomic E-state index is -1.02. The van der Waals surface area contributed by atoms with Crippen LogP contribution in [0.1, 0.15) is 12.5 Å². The number of halogens is 1. The van der Waals surface area contributed by atoms with Crippen molar-refractivity contribution in [2.45, 2.75) is 24.7 Å². The van der Waals surface area contributed by atoms with E-state index in [1.165, 1.54) is 6.33 Å². The van der Waals surface area contributed by atoms with Crippen LogP contribution in [0.2, 0.25) is 5.28 Å². The van der Waals surface area contributed by atoms with Gasteiger partial charge in [-0.1, -0.05) is 0 Å². The number of aliphatic hydroxyl groups excluding tert-OH is 2. The lowest BCUT2D eigenvalue weighted by atomic mass is 10.0. The van der Waals surface area contributed by atoms with Crippen molar-refractivity contribution in [2.24, 2.45) is 11.3 Å². The molecule has 2 heterocycles. The molecule has 4 N–H and O–H groups in total. The van der Waals surface area contributed by atoms with Crippen molar-refractivity contribution in [3.8, 4) is 0 Å². The zero-order valence-electron chi connectivity index (χ0n) is 11.7. The highest BCUT2D eigenvalue weighted by Gasteiger charge is 2.71. The average molecular weight is 358 g/mol. The average Bonchev–Trinajstić information content (AvgIpc) is 3.01. The molecule has 0 unspecified atom stereocenters. The molecule has 5 atom stereocenters. The van der Waals surface area contributed by atoms with Gasteiger partial charge in [-0.15, -0.1) is 0 Å². The predicted octanol–water partition coefficient (Wildman–Crippen LogP) is 0.568. The minimum absolute atomic E-state index is 0.0136. The van der Waals surface area contributed by atoms with E-state index in [0.717, 1.165) is 0 Å². The van der Waals surface area contributed by atoms with E-state index in [1.807, 2.05) is 0 Å². The van der Waals surface area contributed by atoms with Gasteiger partial charge in [-0.25, -0.2) is 9.55 Å². The molecule has 0 radical (unpaired) electrons. The number of aliphatic hydroxyl groups is 2. The van der Waals surface area contributed by atoms with Crippen LogP contribution in [-0.2, 0) is 9.09 Å². The summed E-state index contributed by atoms with van der Waals surface area (Å²) in [5.41, 5.74) is 5.99. The Morgan fingerprint density at radius 3 is 3.04 bits per heavy atom. The van der Waals surface area contributed by atoms with Gasteiger partial charge in [0.2, 0.25) is 5.28 Å². The van der Waals surface area contributed by atoms with E-state index in [0.29, 0.717) is 17.6 Å². The second-order valence-electron chi connectivity index (χ2n) is 6.02. The van der Waals surface area contributed by atoms with E-state index in [4.69, 9.17) is 21.9 Å². The number of nitrogens with two attached hydrogens (primary N) is 1. The van der Waals surface area contributed by atoms with E-state index < -0.39 is 32.4 Å². The molecule has 2 fully saturated rings. The number of fused-ring (bicyclic) bond motifs is 2. The van der Waals surface area contributed by atoms with E-state index >= 15 is 0 Å². The Hall–Kier alpha value is -1.38. The number of nitrogens with zero attached hydrogens (tertiary/aromatic N) is 4. The molecule has 0 bridgehead atoms. The lowest BCUT2D eigenvalue weighted by molar-refractivity contribution is -0.0264. The van der Waals surface area contributed by atoms with Gasteiger partial charge in [-0.05, 0) is 23.9 Å². The summed E-state index contributed by atoms with van der Waals surface area (Å²) in [5.74, 6) is 0.115. The quantitative estimate of drug-likeness (QED) is 0.533. The van der Waals surface area contributed by atoms with Gasteiger partial charge in [0.1, 0.15) is 11.6 Å². The molecule has 122 valence electrons. The predicted molar refractivity (Wildman–Crippen MR) is 79.9 cm³/mol. The van der Waals surface area contributed by atoms with Crippen LogP contribution in [0.15, 0.2) is 6.33 Å². The van der Waals surface area contributed by atoms with Crippen molar-refractivity contribution in [3.05, 3.63) is 11.6 Å². The second-order valence-corrected chi connectivity index (χ2v) is 6.77. The fourth-order valence-corrected chi connectivity index (χ4v) is 4.27. The van der Waals surface area contributed by atoms with Crippen molar-refractivity contribution in [3.63, 3.8) is 0 Å². The maximum atomic E-state index is 10.5. The molecule has 0 aliphatic heterocycles. The topological polar surface area (TPSA) is 136 Å². The lowest BCUT2D eigenvalue weighted by Gasteiger charge is -2.23. The molecule has 0 spiro atoms. The van der Waals surface area contributed by atoms with Gasteiger partial charge in [0.05, 0.1) is 25.1 Å². The summed E-state index contributed by atoms with van der Waals surface area (Å²) < 4.78 is 17.1. The Labute approximate surface area is 136 Å². The van der Waals surface area contributed by atoms with E-state index in [2.05, 4.69) is 15.0 Å². The summed E-state index contributed by atoms with van der Waals surface area (Å²) in [6, 6.07) is -0.438. The largest absolute Gasteiger partial charge is 0.390 e. The molecule has 2 aliphatic rings. The van der Waals surface area contributed by atoms with Gasteiger partial charge in [0.15, 0.2) is 11.5 Å². The Kier molecular flexibility index (Phi) is 3.33. The normalized spacial score (nSPS) is 35.8. The van der Waals surface area contributed by atoms with Crippen molar-refractivity contribution < 1.29 is 19.3 Å². The molecular formula is C12H13ClN5O4P. The summed E-state index contributed by atoms with van der Waals surface area (Å²) in [4.78, 5) is 12.2. The Morgan fingerprint density at radius 1 is 1.52 bits per heavy atom. The van der Waals surface area contributed by atoms with Crippen LogP contribution in [0, 0.1) is 11.3 Å². The number of aromatic nitrogens is 4. The number of rotatable bonds is 4. The summed E-state index contributed by atoms with van der Waals surface area (Å²) >= 11 is 5.86. The molecule has 0 aromatic carbocycles. The highest BCUT2D eigenvalue weighted by atomic mass is 35.5. The first kappa shape index (κ1) is 15.2. The van der Waals surface area contributed by atoms with E-state index in [9.17, 15) is 14.8 Å². The third-order valence-electron chi connectivity index (χ3n) is 4.98. The SMILES string of the molecule is Nc1nc(Cl)nc2c1ncn2[C@@H]1[C@H](O)[C@@H](O)[C@@]2(COP=O)C[C@H]12. The van der Waals surface area contributed by atoms with Gasteiger partial charge in [0, 0.05) is 5.41 Å². The monoisotopic (exact) mass is 357 g/mol. The Morgan fingerprint density at radius 2 is 2.30 bits per heavy atom. The molecule has 11 heteroatoms. The molecule has 9 nitrogen and oxygen atoms in total. The molecule has 0 saturated heterocycles. The number of nitrogen functional groups attached to an aromatic ring is 1. The highest BCUT2D eigenvalue weighted by molar-refractivity contribution is 7.17. The lowest BCUT2D eigenvalue weighted by Crippen LogP contribution is -2.35. The Bertz CT molecular complexity index is 803. The van der Waals surface area contributed by atoms with Crippen LogP contribution in [0.4, 0.5) is 5.82 Å². The summed E-state index contributed by atoms with van der Waals surface area (Å²) in [5, 5.41) is 20.8. The molecule has 2 aliphatic carbocycles. The van der Waals surface area contributed by atoms with E-state index in [-0.39, 0.29) is 23.6 Å². The first-order valence-electron chi connectivity index (χ1n) is 6.96. The van der Waals surface area contributed by atoms with Crippen molar-refractivity contribution >= 4 is 37.3 Å². The second kappa shape index (κ2) is 5.06. The molecule has 23 heavy (non-hydrogen) atoms. The van der Waals surface area contributed by atoms with Gasteiger partial charge in [0.25, 0.3) is 0 Å². The molecule has 2 aromatic rings. The number of imidazole rings is 1. The first-order chi connectivity index (χ1) is 11.0. The first-order valence-corrected chi connectivity index (χ1v) is 8.07. The zero-order valence-corrected chi connectivity index (χ0v) is 13.4. The standard InChI is InChI=1S/C12H13ClN5O4P/c13-11-16-9(14)5-10(17-11)18(3-15-5)6-4-1-12(4,2-22-23-21)8(20)7(6)19/h3-4,6-8,19-20H,1-2H2,(H2,14,16,17)/t4-,6+,7+,8-,12-/m1/s1. The summed E-state index contributed by atoms with van der Waals surface area (Å²) in [6.07, 6.45) is 0.159. The van der Waals surface area contributed by atoms with Crippen LogP contribution < -0.4 is 5.73 Å². The van der Waals surface area contributed by atoms with Crippen LogP contribution in [0.25, 0.3) is 11.2 Å². The van der Waals surface area contributed by atoms with Crippen molar-refractivity contribution in [2.75, 3.05) is 12.3 Å². The van der Waals surface area contributed by atoms with Gasteiger partial charge < -0.3 is 20.5 Å². The highest BCUT2D eigenvalue weighted by Crippen LogP contribution is 2.68. The smallest absolute Gasteiger partial charge is 0.327 e. The summed E-state index contributed by atoms with van der Waals surface area (Å²) in [6.45, 7) is 0.113. The van der Waals surface area contributed by atoms with Gasteiger partial charge in [-0.2, -0.15) is 9.97 Å². The minimum Gasteiger partial charge on any atom is -0.390 e. The van der Waals surface area contributed by atoms with Crippen LogP contribution in [0.5, 0.6) is 0 Å². The summed E-state index contributed by atoms with van der Waals surface area (Å²) in [7, 11) is -0.446. The van der Waals surface area contributed by atoms with Gasteiger partial charge in [-0.3, -0.25) is 4.52 Å². The van der Waals surface area contributed by atoms with Crippen LogP contribution >= 0.6 is 20.3 Å². The van der Waals surface area contributed by atoms with Crippen molar-refractivity contribution in [1.29, 1.82) is 0 Å². The number of hydrogen-bond acceptors (Lipinski definition) is 8. The number of anilines is 1. The van der Waals surface area contributed by atoms with E-state index in [1.54, 1.807) is 4.57 Å². The molecule has 4 rings (SSSR count). The third kappa shape index (κ3) is 2.01.